The molecule has 0 aliphatic rings. The van der Waals surface area contributed by atoms with Gasteiger partial charge in [0.2, 0.25) is 0 Å². The maximum atomic E-state index is 10.9. The van der Waals surface area contributed by atoms with Gasteiger partial charge in [0.15, 0.2) is 0 Å². The summed E-state index contributed by atoms with van der Waals surface area (Å²) in [7, 11) is 3.10. The highest BCUT2D eigenvalue weighted by Gasteiger charge is 2.15. The summed E-state index contributed by atoms with van der Waals surface area (Å²) >= 11 is 0. The van der Waals surface area contributed by atoms with Gasteiger partial charge in [-0.25, -0.2) is 9.97 Å². The maximum absolute atomic E-state index is 10.9. The van der Waals surface area contributed by atoms with Gasteiger partial charge in [0.05, 0.1) is 26.3 Å². The average molecular weight is 274 g/mol. The number of aromatic nitrogens is 2. The molecule has 1 aromatic heterocycles. The molecule has 20 heavy (non-hydrogen) atoms. The van der Waals surface area contributed by atoms with Gasteiger partial charge in [-0.15, -0.1) is 0 Å². The summed E-state index contributed by atoms with van der Waals surface area (Å²) in [6.45, 7) is 0. The summed E-state index contributed by atoms with van der Waals surface area (Å²) < 4.78 is 10.5. The first-order valence-corrected chi connectivity index (χ1v) is 5.88. The van der Waals surface area contributed by atoms with E-state index in [1.807, 2.05) is 0 Å². The van der Waals surface area contributed by atoms with Crippen LogP contribution in [-0.2, 0) is 11.2 Å². The number of carboxylic acid groups (broad SMARTS) is 1. The van der Waals surface area contributed by atoms with Crippen LogP contribution in [0.25, 0.3) is 11.3 Å². The third-order valence-corrected chi connectivity index (χ3v) is 2.79. The van der Waals surface area contributed by atoms with Gasteiger partial charge >= 0.3 is 5.97 Å². The Morgan fingerprint density at radius 2 is 2.10 bits per heavy atom. The molecule has 0 bridgehead atoms. The Bertz CT molecular complexity index is 628. The van der Waals surface area contributed by atoms with E-state index in [1.54, 1.807) is 32.4 Å². The molecule has 0 aliphatic carbocycles. The number of carbonyl (C=O) groups is 1. The third-order valence-electron chi connectivity index (χ3n) is 2.79. The molecule has 1 heterocycles. The fourth-order valence-electron chi connectivity index (χ4n) is 1.89. The van der Waals surface area contributed by atoms with Crippen molar-refractivity contribution in [1.82, 2.24) is 9.97 Å². The number of aliphatic carboxylic acids is 1. The Hall–Kier alpha value is -2.63. The second kappa shape index (κ2) is 6.01. The van der Waals surface area contributed by atoms with E-state index >= 15 is 0 Å². The summed E-state index contributed by atoms with van der Waals surface area (Å²) in [6, 6.07) is 5.27. The SMILES string of the molecule is COc1ccc(OC)c(-c2ncncc2CC(=O)O)c1. The van der Waals surface area contributed by atoms with Crippen LogP contribution < -0.4 is 9.47 Å². The molecule has 2 aromatic rings. The van der Waals surface area contributed by atoms with Gasteiger partial charge in [-0.05, 0) is 18.2 Å². The molecule has 0 unspecified atom stereocenters. The maximum Gasteiger partial charge on any atom is 0.307 e. The Morgan fingerprint density at radius 1 is 1.30 bits per heavy atom. The molecule has 0 saturated carbocycles. The van der Waals surface area contributed by atoms with E-state index in [0.29, 0.717) is 28.3 Å². The number of methoxy groups -OCH3 is 2. The van der Waals surface area contributed by atoms with E-state index in [2.05, 4.69) is 9.97 Å². The lowest BCUT2D eigenvalue weighted by molar-refractivity contribution is -0.136. The highest BCUT2D eigenvalue weighted by Crippen LogP contribution is 2.33. The third kappa shape index (κ3) is 2.85. The molecule has 1 aromatic carbocycles. The highest BCUT2D eigenvalue weighted by molar-refractivity contribution is 5.77. The molecule has 0 fully saturated rings. The number of nitrogens with zero attached hydrogens (tertiary/aromatic N) is 2. The Labute approximate surface area is 116 Å². The molecule has 1 N–H and O–H groups in total. The lowest BCUT2D eigenvalue weighted by Gasteiger charge is -2.12. The first-order chi connectivity index (χ1) is 9.65. The zero-order valence-electron chi connectivity index (χ0n) is 11.2. The van der Waals surface area contributed by atoms with Gasteiger partial charge in [0, 0.05) is 17.3 Å². The first kappa shape index (κ1) is 13.8. The van der Waals surface area contributed by atoms with Crippen LogP contribution in [0.1, 0.15) is 5.56 Å². The number of hydrogen-bond donors (Lipinski definition) is 1. The van der Waals surface area contributed by atoms with Crippen LogP contribution in [-0.4, -0.2) is 35.3 Å². The molecule has 0 atom stereocenters. The van der Waals surface area contributed by atoms with Gasteiger partial charge in [-0.3, -0.25) is 4.79 Å². The minimum Gasteiger partial charge on any atom is -0.497 e. The molecule has 0 amide bonds. The zero-order valence-corrected chi connectivity index (χ0v) is 11.2. The Kier molecular flexibility index (Phi) is 4.14. The highest BCUT2D eigenvalue weighted by atomic mass is 16.5. The van der Waals surface area contributed by atoms with E-state index in [-0.39, 0.29) is 6.42 Å². The van der Waals surface area contributed by atoms with Crippen LogP contribution in [0.2, 0.25) is 0 Å². The van der Waals surface area contributed by atoms with Crippen LogP contribution in [0.4, 0.5) is 0 Å². The molecular formula is C14H14N2O4. The molecule has 0 saturated heterocycles. The van der Waals surface area contributed by atoms with Crippen LogP contribution in [0.3, 0.4) is 0 Å². The number of benzene rings is 1. The first-order valence-electron chi connectivity index (χ1n) is 5.88. The van der Waals surface area contributed by atoms with E-state index < -0.39 is 5.97 Å². The smallest absolute Gasteiger partial charge is 0.307 e. The van der Waals surface area contributed by atoms with E-state index in [4.69, 9.17) is 14.6 Å². The van der Waals surface area contributed by atoms with Gasteiger partial charge in [0.25, 0.3) is 0 Å². The second-order valence-corrected chi connectivity index (χ2v) is 4.03. The van der Waals surface area contributed by atoms with E-state index in [9.17, 15) is 4.79 Å². The van der Waals surface area contributed by atoms with Gasteiger partial charge in [-0.2, -0.15) is 0 Å². The van der Waals surface area contributed by atoms with E-state index in [1.165, 1.54) is 12.5 Å². The van der Waals surface area contributed by atoms with Crippen LogP contribution in [0.5, 0.6) is 11.5 Å². The predicted octanol–water partition coefficient (Wildman–Crippen LogP) is 1.79. The molecule has 2 rings (SSSR count). The lowest BCUT2D eigenvalue weighted by atomic mass is 10.0. The van der Waals surface area contributed by atoms with Gasteiger partial charge in [-0.1, -0.05) is 0 Å². The minimum absolute atomic E-state index is 0.156. The summed E-state index contributed by atoms with van der Waals surface area (Å²) in [5.74, 6) is 0.291. The lowest BCUT2D eigenvalue weighted by Crippen LogP contribution is -2.04. The predicted molar refractivity (Wildman–Crippen MR) is 71.9 cm³/mol. The van der Waals surface area contributed by atoms with Crippen molar-refractivity contribution in [2.45, 2.75) is 6.42 Å². The molecule has 104 valence electrons. The van der Waals surface area contributed by atoms with Crippen molar-refractivity contribution in [3.8, 4) is 22.8 Å². The molecule has 0 aliphatic heterocycles. The van der Waals surface area contributed by atoms with Gasteiger partial charge < -0.3 is 14.6 Å². The largest absolute Gasteiger partial charge is 0.497 e. The molecule has 6 heteroatoms. The standard InChI is InChI=1S/C14H14N2O4/c1-19-10-3-4-12(20-2)11(6-10)14-9(5-13(17)18)7-15-8-16-14/h3-4,6-8H,5H2,1-2H3,(H,17,18). The summed E-state index contributed by atoms with van der Waals surface area (Å²) in [5, 5.41) is 8.95. The zero-order chi connectivity index (χ0) is 14.5. The van der Waals surface area contributed by atoms with Crippen LogP contribution >= 0.6 is 0 Å². The van der Waals surface area contributed by atoms with Crippen molar-refractivity contribution < 1.29 is 19.4 Å². The van der Waals surface area contributed by atoms with Crippen molar-refractivity contribution in [2.75, 3.05) is 14.2 Å². The second-order valence-electron chi connectivity index (χ2n) is 4.03. The summed E-state index contributed by atoms with van der Waals surface area (Å²) in [4.78, 5) is 19.0. The van der Waals surface area contributed by atoms with Crippen LogP contribution in [0, 0.1) is 0 Å². The minimum atomic E-state index is -0.942. The average Bonchev–Trinajstić information content (AvgIpc) is 2.46. The molecular weight excluding hydrogens is 260 g/mol. The van der Waals surface area contributed by atoms with Crippen molar-refractivity contribution in [1.29, 1.82) is 0 Å². The fraction of sp³-hybridized carbons (Fsp3) is 0.214. The van der Waals surface area contributed by atoms with Gasteiger partial charge in [0.1, 0.15) is 17.8 Å². The van der Waals surface area contributed by atoms with Crippen molar-refractivity contribution in [3.05, 3.63) is 36.3 Å². The summed E-state index contributed by atoms with van der Waals surface area (Å²) in [5.41, 5.74) is 1.72. The molecule has 0 radical (unpaired) electrons. The Morgan fingerprint density at radius 3 is 2.75 bits per heavy atom. The topological polar surface area (TPSA) is 81.5 Å². The molecule has 6 nitrogen and oxygen atoms in total. The molecule has 0 spiro atoms. The number of rotatable bonds is 5. The fourth-order valence-corrected chi connectivity index (χ4v) is 1.89. The Balaban J connectivity index is 2.57. The normalized spacial score (nSPS) is 10.1. The number of ether oxygens (including phenoxy) is 2. The number of hydrogen-bond acceptors (Lipinski definition) is 5. The van der Waals surface area contributed by atoms with Crippen molar-refractivity contribution >= 4 is 5.97 Å². The number of carboxylic acids is 1. The van der Waals surface area contributed by atoms with Crippen molar-refractivity contribution in [2.24, 2.45) is 0 Å². The quantitative estimate of drug-likeness (QED) is 0.895. The van der Waals surface area contributed by atoms with Crippen molar-refractivity contribution in [3.63, 3.8) is 0 Å². The van der Waals surface area contributed by atoms with E-state index in [0.717, 1.165) is 0 Å². The monoisotopic (exact) mass is 274 g/mol. The van der Waals surface area contributed by atoms with Crippen LogP contribution in [0.15, 0.2) is 30.7 Å². The summed E-state index contributed by atoms with van der Waals surface area (Å²) in [6.07, 6.45) is 2.71.